The molecule has 0 N–H and O–H groups in total. The van der Waals surface area contributed by atoms with Crippen LogP contribution >= 0.6 is 11.8 Å². The SMILES string of the molecule is CC(C)c1ccc(-n2nnnc2SCc2nc(COc3ccc(F)cc3)no2)cc1. The number of nitrogens with zero attached hydrogens (tertiary/aromatic N) is 6. The molecule has 0 aliphatic carbocycles. The topological polar surface area (TPSA) is 91.8 Å². The van der Waals surface area contributed by atoms with E-state index in [0.29, 0.717) is 34.3 Å². The third-order valence-corrected chi connectivity index (χ3v) is 5.17. The highest BCUT2D eigenvalue weighted by molar-refractivity contribution is 7.98. The summed E-state index contributed by atoms with van der Waals surface area (Å²) in [7, 11) is 0. The van der Waals surface area contributed by atoms with Crippen molar-refractivity contribution in [2.75, 3.05) is 0 Å². The van der Waals surface area contributed by atoms with Crippen LogP contribution in [0.25, 0.3) is 5.69 Å². The second kappa shape index (κ2) is 9.04. The summed E-state index contributed by atoms with van der Waals surface area (Å²) >= 11 is 1.39. The Hall–Kier alpha value is -3.27. The first-order valence-electron chi connectivity index (χ1n) is 9.30. The molecule has 0 bridgehead atoms. The lowest BCUT2D eigenvalue weighted by atomic mass is 10.0. The molecule has 0 saturated carbocycles. The molecule has 8 nitrogen and oxygen atoms in total. The van der Waals surface area contributed by atoms with Crippen LogP contribution in [0.15, 0.2) is 58.2 Å². The monoisotopic (exact) mass is 426 g/mol. The first-order chi connectivity index (χ1) is 14.6. The summed E-state index contributed by atoms with van der Waals surface area (Å²) in [5.74, 6) is 1.91. The number of thioether (sulfide) groups is 1. The van der Waals surface area contributed by atoms with Gasteiger partial charge in [-0.2, -0.15) is 9.67 Å². The van der Waals surface area contributed by atoms with Crippen LogP contribution in [-0.4, -0.2) is 30.3 Å². The molecule has 0 fully saturated rings. The van der Waals surface area contributed by atoms with E-state index >= 15 is 0 Å². The van der Waals surface area contributed by atoms with Gasteiger partial charge >= 0.3 is 0 Å². The normalized spacial score (nSPS) is 11.2. The molecule has 0 amide bonds. The van der Waals surface area contributed by atoms with Gasteiger partial charge in [0.2, 0.25) is 16.9 Å². The maximum Gasteiger partial charge on any atom is 0.237 e. The van der Waals surface area contributed by atoms with Crippen molar-refractivity contribution in [3.63, 3.8) is 0 Å². The van der Waals surface area contributed by atoms with Gasteiger partial charge in [0, 0.05) is 0 Å². The van der Waals surface area contributed by atoms with Crippen molar-refractivity contribution in [3.8, 4) is 11.4 Å². The van der Waals surface area contributed by atoms with Gasteiger partial charge in [-0.15, -0.1) is 5.10 Å². The highest BCUT2D eigenvalue weighted by Gasteiger charge is 2.13. The number of aromatic nitrogens is 6. The summed E-state index contributed by atoms with van der Waals surface area (Å²) in [5, 5.41) is 16.4. The van der Waals surface area contributed by atoms with Gasteiger partial charge in [0.25, 0.3) is 0 Å². The van der Waals surface area contributed by atoms with Crippen molar-refractivity contribution in [2.45, 2.75) is 37.3 Å². The van der Waals surface area contributed by atoms with Crippen LogP contribution in [0.2, 0.25) is 0 Å². The fourth-order valence-electron chi connectivity index (χ4n) is 2.64. The Morgan fingerprint density at radius 2 is 1.87 bits per heavy atom. The molecule has 0 saturated heterocycles. The molecule has 0 radical (unpaired) electrons. The zero-order valence-corrected chi connectivity index (χ0v) is 17.2. The fraction of sp³-hybridized carbons (Fsp3) is 0.250. The molecule has 4 aromatic rings. The van der Waals surface area contributed by atoms with Crippen molar-refractivity contribution in [1.82, 2.24) is 30.3 Å². The molecular weight excluding hydrogens is 407 g/mol. The molecule has 0 aliphatic rings. The van der Waals surface area contributed by atoms with Gasteiger partial charge in [0.15, 0.2) is 6.61 Å². The largest absolute Gasteiger partial charge is 0.485 e. The van der Waals surface area contributed by atoms with Gasteiger partial charge in [0.1, 0.15) is 11.6 Å². The highest BCUT2D eigenvalue weighted by atomic mass is 32.2. The van der Waals surface area contributed by atoms with Gasteiger partial charge in [0.05, 0.1) is 11.4 Å². The van der Waals surface area contributed by atoms with Crippen LogP contribution in [0.3, 0.4) is 0 Å². The minimum Gasteiger partial charge on any atom is -0.485 e. The first-order valence-corrected chi connectivity index (χ1v) is 10.3. The quantitative estimate of drug-likeness (QED) is 0.388. The Bertz CT molecular complexity index is 1100. The predicted octanol–water partition coefficient (Wildman–Crippen LogP) is 4.18. The van der Waals surface area contributed by atoms with Crippen molar-refractivity contribution in [2.24, 2.45) is 0 Å². The van der Waals surface area contributed by atoms with Gasteiger partial charge < -0.3 is 9.26 Å². The smallest absolute Gasteiger partial charge is 0.237 e. The van der Waals surface area contributed by atoms with E-state index in [0.717, 1.165) is 5.69 Å². The van der Waals surface area contributed by atoms with E-state index in [1.807, 2.05) is 12.1 Å². The van der Waals surface area contributed by atoms with Crippen LogP contribution in [-0.2, 0) is 12.4 Å². The van der Waals surface area contributed by atoms with Gasteiger partial charge in [-0.1, -0.05) is 42.9 Å². The zero-order chi connectivity index (χ0) is 20.9. The molecule has 4 rings (SSSR count). The standard InChI is InChI=1S/C20H19FN6O2S/c1-13(2)14-3-7-16(8-4-14)27-20(23-25-26-27)30-12-19-22-18(24-29-19)11-28-17-9-5-15(21)6-10-17/h3-10,13H,11-12H2,1-2H3. The van der Waals surface area contributed by atoms with E-state index in [9.17, 15) is 4.39 Å². The molecule has 0 aliphatic heterocycles. The second-order valence-corrected chi connectivity index (χ2v) is 7.70. The maximum atomic E-state index is 12.9. The summed E-state index contributed by atoms with van der Waals surface area (Å²) < 4.78 is 25.4. The van der Waals surface area contributed by atoms with Crippen molar-refractivity contribution in [1.29, 1.82) is 0 Å². The summed E-state index contributed by atoms with van der Waals surface area (Å²) in [6.45, 7) is 4.42. The number of hydrogen-bond acceptors (Lipinski definition) is 8. The summed E-state index contributed by atoms with van der Waals surface area (Å²) in [5.41, 5.74) is 2.13. The molecule has 2 aromatic heterocycles. The van der Waals surface area contributed by atoms with Crippen LogP contribution in [0.5, 0.6) is 5.75 Å². The van der Waals surface area contributed by atoms with E-state index in [1.165, 1.54) is 29.5 Å². The molecule has 0 atom stereocenters. The Balaban J connectivity index is 1.35. The molecule has 30 heavy (non-hydrogen) atoms. The van der Waals surface area contributed by atoms with Crippen molar-refractivity contribution in [3.05, 3.63) is 71.6 Å². The third-order valence-electron chi connectivity index (χ3n) is 4.26. The van der Waals surface area contributed by atoms with Crippen molar-refractivity contribution >= 4 is 11.8 Å². The average molecular weight is 426 g/mol. The molecule has 0 unspecified atom stereocenters. The Morgan fingerprint density at radius 1 is 1.10 bits per heavy atom. The minimum absolute atomic E-state index is 0.125. The summed E-state index contributed by atoms with van der Waals surface area (Å²) in [4.78, 5) is 4.30. The molecular formula is C20H19FN6O2S. The Kier molecular flexibility index (Phi) is 6.03. The lowest BCUT2D eigenvalue weighted by molar-refractivity contribution is 0.285. The minimum atomic E-state index is -0.320. The summed E-state index contributed by atoms with van der Waals surface area (Å²) in [6.07, 6.45) is 0. The molecule has 154 valence electrons. The second-order valence-electron chi connectivity index (χ2n) is 6.76. The van der Waals surface area contributed by atoms with Gasteiger partial charge in [-0.05, 0) is 58.3 Å². The van der Waals surface area contributed by atoms with E-state index in [4.69, 9.17) is 9.26 Å². The van der Waals surface area contributed by atoms with Crippen LogP contribution in [0.1, 0.15) is 37.0 Å². The molecule has 2 heterocycles. The fourth-order valence-corrected chi connectivity index (χ4v) is 3.37. The van der Waals surface area contributed by atoms with E-state index in [-0.39, 0.29) is 12.4 Å². The lowest BCUT2D eigenvalue weighted by Crippen LogP contribution is -2.00. The van der Waals surface area contributed by atoms with Crippen LogP contribution in [0.4, 0.5) is 4.39 Å². The molecule has 2 aromatic carbocycles. The lowest BCUT2D eigenvalue weighted by Gasteiger charge is -2.07. The van der Waals surface area contributed by atoms with Gasteiger partial charge in [-0.25, -0.2) is 4.39 Å². The third kappa shape index (κ3) is 4.82. The van der Waals surface area contributed by atoms with E-state index in [2.05, 4.69) is 51.6 Å². The number of ether oxygens (including phenoxy) is 1. The Labute approximate surface area is 176 Å². The average Bonchev–Trinajstić information content (AvgIpc) is 3.41. The zero-order valence-electron chi connectivity index (χ0n) is 16.4. The molecule has 0 spiro atoms. The number of hydrogen-bond donors (Lipinski definition) is 0. The number of tetrazole rings is 1. The first kappa shape index (κ1) is 20.0. The van der Waals surface area contributed by atoms with Crippen molar-refractivity contribution < 1.29 is 13.7 Å². The van der Waals surface area contributed by atoms with Crippen LogP contribution in [0, 0.1) is 5.82 Å². The maximum absolute atomic E-state index is 12.9. The number of halogens is 1. The molecule has 10 heteroatoms. The highest BCUT2D eigenvalue weighted by Crippen LogP contribution is 2.23. The van der Waals surface area contributed by atoms with Gasteiger partial charge in [-0.3, -0.25) is 0 Å². The van der Waals surface area contributed by atoms with E-state index in [1.54, 1.807) is 16.8 Å². The number of benzene rings is 2. The van der Waals surface area contributed by atoms with Crippen LogP contribution < -0.4 is 4.74 Å². The summed E-state index contributed by atoms with van der Waals surface area (Å²) in [6, 6.07) is 13.9. The Morgan fingerprint density at radius 3 is 2.60 bits per heavy atom. The number of rotatable bonds is 8. The predicted molar refractivity (Wildman–Crippen MR) is 108 cm³/mol. The van der Waals surface area contributed by atoms with E-state index < -0.39 is 0 Å².